The van der Waals surface area contributed by atoms with E-state index in [1.54, 1.807) is 30.3 Å². The third-order valence-electron chi connectivity index (χ3n) is 4.03. The van der Waals surface area contributed by atoms with Crippen molar-refractivity contribution in [1.29, 1.82) is 0 Å². The Hall–Kier alpha value is -3.52. The van der Waals surface area contributed by atoms with Crippen molar-refractivity contribution in [2.24, 2.45) is 0 Å². The molecule has 0 aliphatic carbocycles. The Balaban J connectivity index is 1.45. The fraction of sp³-hybridized carbons (Fsp3) is 0.0500. The Bertz CT molecular complexity index is 1200. The van der Waals surface area contributed by atoms with Crippen LogP contribution in [0.25, 0.3) is 10.8 Å². The monoisotopic (exact) mass is 395 g/mol. The van der Waals surface area contributed by atoms with Gasteiger partial charge in [-0.1, -0.05) is 29.5 Å². The zero-order valence-corrected chi connectivity index (χ0v) is 15.3. The molecule has 2 aromatic heterocycles. The summed E-state index contributed by atoms with van der Waals surface area (Å²) in [6.07, 6.45) is 0. The van der Waals surface area contributed by atoms with Crippen LogP contribution >= 0.6 is 11.3 Å². The van der Waals surface area contributed by atoms with Gasteiger partial charge in [0.25, 0.3) is 11.5 Å². The fourth-order valence-electron chi connectivity index (χ4n) is 2.67. The topological polar surface area (TPSA) is 84.1 Å². The van der Waals surface area contributed by atoms with E-state index >= 15 is 0 Å². The molecule has 2 N–H and O–H groups in total. The van der Waals surface area contributed by atoms with Gasteiger partial charge in [-0.15, -0.1) is 0 Å². The minimum atomic E-state index is -0.345. The summed E-state index contributed by atoms with van der Waals surface area (Å²) < 4.78 is 18.6. The number of nitrogens with one attached hydrogen (secondary N) is 2. The van der Waals surface area contributed by atoms with E-state index in [2.05, 4.69) is 15.5 Å². The highest BCUT2D eigenvalue weighted by molar-refractivity contribution is 7.15. The lowest BCUT2D eigenvalue weighted by atomic mass is 10.1. The number of aromatic amines is 1. The lowest BCUT2D eigenvalue weighted by molar-refractivity contribution is 0.0954. The van der Waals surface area contributed by atoms with E-state index in [1.165, 1.54) is 35.6 Å². The van der Waals surface area contributed by atoms with Crippen molar-refractivity contribution in [2.45, 2.75) is 6.54 Å². The first-order valence-electron chi connectivity index (χ1n) is 8.38. The predicted octanol–water partition coefficient (Wildman–Crippen LogP) is 3.85. The summed E-state index contributed by atoms with van der Waals surface area (Å²) in [6.45, 7) is 0.169. The van der Waals surface area contributed by atoms with E-state index < -0.39 is 0 Å². The van der Waals surface area contributed by atoms with Crippen molar-refractivity contribution in [3.8, 4) is 10.8 Å². The van der Waals surface area contributed by atoms with Crippen molar-refractivity contribution < 1.29 is 13.9 Å². The van der Waals surface area contributed by atoms with Gasteiger partial charge in [-0.05, 0) is 42.5 Å². The lowest BCUT2D eigenvalue weighted by Gasteiger charge is -2.06. The van der Waals surface area contributed by atoms with Gasteiger partial charge < -0.3 is 10.1 Å². The summed E-state index contributed by atoms with van der Waals surface area (Å²) >= 11 is 1.17. The highest BCUT2D eigenvalue weighted by atomic mass is 32.1. The number of carbonyl (C=O) groups excluding carboxylic acids is 1. The Morgan fingerprint density at radius 3 is 2.61 bits per heavy atom. The third-order valence-corrected chi connectivity index (χ3v) is 4.99. The van der Waals surface area contributed by atoms with E-state index in [4.69, 9.17) is 4.74 Å². The lowest BCUT2D eigenvalue weighted by Crippen LogP contribution is -2.24. The van der Waals surface area contributed by atoms with Crippen LogP contribution < -0.4 is 15.6 Å². The number of hydrogen-bond acceptors (Lipinski definition) is 5. The van der Waals surface area contributed by atoms with Gasteiger partial charge in [0.05, 0.1) is 22.5 Å². The first kappa shape index (κ1) is 17.9. The third kappa shape index (κ3) is 3.77. The van der Waals surface area contributed by atoms with Crippen LogP contribution in [0.3, 0.4) is 0 Å². The quantitative estimate of drug-likeness (QED) is 0.538. The summed E-state index contributed by atoms with van der Waals surface area (Å²) in [5, 5.41) is 11.0. The van der Waals surface area contributed by atoms with Crippen LogP contribution in [0.5, 0.6) is 10.8 Å². The van der Waals surface area contributed by atoms with Gasteiger partial charge >= 0.3 is 0 Å². The molecule has 0 saturated carbocycles. The largest absolute Gasteiger partial charge is 0.447 e. The minimum absolute atomic E-state index is 0.169. The fourth-order valence-corrected chi connectivity index (χ4v) is 3.46. The molecule has 0 radical (unpaired) electrons. The van der Waals surface area contributed by atoms with Gasteiger partial charge in [0.1, 0.15) is 11.6 Å². The molecule has 0 spiro atoms. The number of nitrogens with zero attached hydrogens (tertiary/aromatic N) is 1. The second-order valence-corrected chi connectivity index (χ2v) is 6.95. The van der Waals surface area contributed by atoms with Gasteiger partial charge in [0.2, 0.25) is 0 Å². The second kappa shape index (κ2) is 7.61. The average Bonchev–Trinajstić information content (AvgIpc) is 3.18. The van der Waals surface area contributed by atoms with Crippen LogP contribution in [-0.2, 0) is 6.54 Å². The molecule has 0 atom stereocenters. The zero-order chi connectivity index (χ0) is 19.5. The molecule has 6 nitrogen and oxygen atoms in total. The molecule has 0 bridgehead atoms. The number of ether oxygens (including phenoxy) is 1. The number of fused-ring (bicyclic) bond motifs is 1. The highest BCUT2D eigenvalue weighted by Crippen LogP contribution is 2.29. The van der Waals surface area contributed by atoms with Gasteiger partial charge in [-0.2, -0.15) is 5.10 Å². The first-order chi connectivity index (χ1) is 13.6. The SMILES string of the molecule is O=C(NCc1n[nH]c(=O)c2ccccc12)c1ccc(Oc2ccc(F)cc2)s1. The Labute approximate surface area is 162 Å². The maximum absolute atomic E-state index is 12.9. The molecule has 4 aromatic rings. The number of thiophene rings is 1. The second-order valence-electron chi connectivity index (χ2n) is 5.90. The van der Waals surface area contributed by atoms with Gasteiger partial charge in [-0.25, -0.2) is 9.49 Å². The van der Waals surface area contributed by atoms with Crippen molar-refractivity contribution in [3.63, 3.8) is 0 Å². The number of amides is 1. The molecule has 0 saturated heterocycles. The van der Waals surface area contributed by atoms with E-state index in [9.17, 15) is 14.0 Å². The standard InChI is InChI=1S/C20H14FN3O3S/c21-12-5-7-13(8-6-12)27-18-10-9-17(28-18)20(26)22-11-16-14-3-1-2-4-15(14)19(25)24-23-16/h1-10H,11H2,(H,22,26)(H,24,25). The van der Waals surface area contributed by atoms with Crippen molar-refractivity contribution in [2.75, 3.05) is 0 Å². The summed E-state index contributed by atoms with van der Waals surface area (Å²) in [4.78, 5) is 24.7. The number of hydrogen-bond donors (Lipinski definition) is 2. The normalized spacial score (nSPS) is 10.8. The van der Waals surface area contributed by atoms with Gasteiger partial charge in [0, 0.05) is 5.39 Å². The average molecular weight is 395 g/mol. The number of H-pyrrole nitrogens is 1. The maximum Gasteiger partial charge on any atom is 0.272 e. The molecule has 0 aliphatic rings. The molecular formula is C20H14FN3O3S. The molecule has 0 unspecified atom stereocenters. The van der Waals surface area contributed by atoms with Crippen molar-refractivity contribution in [1.82, 2.24) is 15.5 Å². The molecule has 1 amide bonds. The highest BCUT2D eigenvalue weighted by Gasteiger charge is 2.12. The molecule has 2 heterocycles. The molecular weight excluding hydrogens is 381 g/mol. The predicted molar refractivity (Wildman–Crippen MR) is 104 cm³/mol. The Kier molecular flexibility index (Phi) is 4.86. The van der Waals surface area contributed by atoms with E-state index in [0.29, 0.717) is 32.2 Å². The van der Waals surface area contributed by atoms with Crippen LogP contribution in [0.4, 0.5) is 4.39 Å². The molecule has 140 valence electrons. The van der Waals surface area contributed by atoms with E-state index in [0.717, 1.165) is 0 Å². The number of rotatable bonds is 5. The number of carbonyl (C=O) groups is 1. The molecule has 8 heteroatoms. The van der Waals surface area contributed by atoms with E-state index in [1.807, 2.05) is 6.07 Å². The number of aromatic nitrogens is 2. The number of benzene rings is 2. The molecule has 28 heavy (non-hydrogen) atoms. The Morgan fingerprint density at radius 2 is 1.82 bits per heavy atom. The maximum atomic E-state index is 12.9. The van der Waals surface area contributed by atoms with Crippen molar-refractivity contribution in [3.05, 3.63) is 87.4 Å². The molecule has 0 aliphatic heterocycles. The van der Waals surface area contributed by atoms with Crippen LogP contribution in [0.2, 0.25) is 0 Å². The van der Waals surface area contributed by atoms with E-state index in [-0.39, 0.29) is 23.8 Å². The summed E-state index contributed by atoms with van der Waals surface area (Å²) in [7, 11) is 0. The first-order valence-corrected chi connectivity index (χ1v) is 9.19. The smallest absolute Gasteiger partial charge is 0.272 e. The summed E-state index contributed by atoms with van der Waals surface area (Å²) in [5.74, 6) is -0.142. The van der Waals surface area contributed by atoms with Crippen LogP contribution in [-0.4, -0.2) is 16.1 Å². The Morgan fingerprint density at radius 1 is 1.07 bits per heavy atom. The van der Waals surface area contributed by atoms with Gasteiger partial charge in [-0.3, -0.25) is 9.59 Å². The minimum Gasteiger partial charge on any atom is -0.447 e. The van der Waals surface area contributed by atoms with Gasteiger partial charge in [0.15, 0.2) is 5.06 Å². The molecule has 0 fully saturated rings. The van der Waals surface area contributed by atoms with Crippen LogP contribution in [0.1, 0.15) is 15.4 Å². The summed E-state index contributed by atoms with van der Waals surface area (Å²) in [6, 6.07) is 16.0. The summed E-state index contributed by atoms with van der Waals surface area (Å²) in [5.41, 5.74) is 0.300. The van der Waals surface area contributed by atoms with Crippen LogP contribution in [0.15, 0.2) is 65.5 Å². The molecule has 4 rings (SSSR count). The molecule has 2 aromatic carbocycles. The van der Waals surface area contributed by atoms with Crippen LogP contribution in [0, 0.1) is 5.82 Å². The number of halogens is 1. The van der Waals surface area contributed by atoms with Crippen molar-refractivity contribution >= 4 is 28.0 Å². The zero-order valence-electron chi connectivity index (χ0n) is 14.4.